The summed E-state index contributed by atoms with van der Waals surface area (Å²) in [4.78, 5) is 0. The minimum atomic E-state index is 0.671. The summed E-state index contributed by atoms with van der Waals surface area (Å²) in [6.45, 7) is 0.671. The second kappa shape index (κ2) is 5.55. The van der Waals surface area contributed by atoms with E-state index in [9.17, 15) is 0 Å². The zero-order valence-corrected chi connectivity index (χ0v) is 13.5. The van der Waals surface area contributed by atoms with E-state index in [-0.39, 0.29) is 0 Å². The molecule has 1 heterocycles. The van der Waals surface area contributed by atoms with E-state index < -0.39 is 0 Å². The van der Waals surface area contributed by atoms with Crippen LogP contribution in [0.25, 0.3) is 0 Å². The van der Waals surface area contributed by atoms with E-state index in [1.807, 2.05) is 18.2 Å². The number of hydrogen-bond acceptors (Lipinski definition) is 2. The molecule has 0 bridgehead atoms. The first-order valence-electron chi connectivity index (χ1n) is 4.58. The first-order valence-corrected chi connectivity index (χ1v) is 7.25. The van der Waals surface area contributed by atoms with Crippen LogP contribution in [0.5, 0.6) is 0 Å². The van der Waals surface area contributed by atoms with E-state index in [4.69, 9.17) is 4.42 Å². The molecule has 0 spiro atoms. The second-order valence-electron chi connectivity index (χ2n) is 3.20. The van der Waals surface area contributed by atoms with Crippen LogP contribution < -0.4 is 5.32 Å². The van der Waals surface area contributed by atoms with E-state index >= 15 is 0 Å². The molecule has 0 amide bonds. The van der Waals surface area contributed by atoms with Crippen molar-refractivity contribution in [1.82, 2.24) is 0 Å². The van der Waals surface area contributed by atoms with Gasteiger partial charge in [0, 0.05) is 9.26 Å². The fraction of sp³-hybridized carbons (Fsp3) is 0.0909. The lowest BCUT2D eigenvalue weighted by molar-refractivity contribution is 0.494. The molecule has 2 aromatic rings. The van der Waals surface area contributed by atoms with E-state index in [2.05, 4.69) is 71.9 Å². The van der Waals surface area contributed by atoms with Crippen molar-refractivity contribution in [1.29, 1.82) is 0 Å². The van der Waals surface area contributed by atoms with E-state index in [0.29, 0.717) is 6.54 Å². The monoisotopic (exact) mass is 455 g/mol. The molecule has 2 rings (SSSR count). The molecule has 2 nitrogen and oxygen atoms in total. The maximum Gasteiger partial charge on any atom is 0.183 e. The highest BCUT2D eigenvalue weighted by atomic mass is 127. The summed E-state index contributed by atoms with van der Waals surface area (Å²) in [7, 11) is 0. The standard InChI is InChI=1S/C11H8Br2INO/c12-10-5-9(16-11(10)13)6-15-8-3-1-2-7(14)4-8/h1-5,15H,6H2. The second-order valence-corrected chi connectivity index (χ2v) is 6.02. The summed E-state index contributed by atoms with van der Waals surface area (Å²) >= 11 is 8.99. The third-order valence-electron chi connectivity index (χ3n) is 1.99. The number of halogens is 3. The number of rotatable bonds is 3. The maximum absolute atomic E-state index is 5.47. The van der Waals surface area contributed by atoms with Crippen molar-refractivity contribution in [2.45, 2.75) is 6.54 Å². The first kappa shape index (κ1) is 12.4. The van der Waals surface area contributed by atoms with Gasteiger partial charge in [0.15, 0.2) is 4.67 Å². The van der Waals surface area contributed by atoms with Gasteiger partial charge in [-0.2, -0.15) is 0 Å². The van der Waals surface area contributed by atoms with Gasteiger partial charge in [-0.3, -0.25) is 0 Å². The van der Waals surface area contributed by atoms with Crippen molar-refractivity contribution in [3.63, 3.8) is 0 Å². The highest BCUT2D eigenvalue weighted by molar-refractivity contribution is 14.1. The molecule has 0 atom stereocenters. The van der Waals surface area contributed by atoms with Crippen LogP contribution >= 0.6 is 54.5 Å². The van der Waals surface area contributed by atoms with Gasteiger partial charge < -0.3 is 9.73 Å². The molecule has 0 saturated carbocycles. The van der Waals surface area contributed by atoms with Crippen molar-refractivity contribution in [3.05, 3.63) is 48.8 Å². The van der Waals surface area contributed by atoms with Gasteiger partial charge in [-0.15, -0.1) is 0 Å². The molecular formula is C11H8Br2INO. The number of hydrogen-bond donors (Lipinski definition) is 1. The zero-order chi connectivity index (χ0) is 11.5. The summed E-state index contributed by atoms with van der Waals surface area (Å²) in [6, 6.07) is 10.2. The Bertz CT molecular complexity index is 479. The van der Waals surface area contributed by atoms with Gasteiger partial charge in [-0.05, 0) is 78.7 Å². The molecule has 0 saturated heterocycles. The number of benzene rings is 1. The lowest BCUT2D eigenvalue weighted by atomic mass is 10.3. The Labute approximate surface area is 124 Å². The molecular weight excluding hydrogens is 449 g/mol. The van der Waals surface area contributed by atoms with Crippen molar-refractivity contribution in [3.8, 4) is 0 Å². The molecule has 5 heteroatoms. The number of furan rings is 1. The third-order valence-corrected chi connectivity index (χ3v) is 4.37. The summed E-state index contributed by atoms with van der Waals surface area (Å²) in [5, 5.41) is 3.30. The summed E-state index contributed by atoms with van der Waals surface area (Å²) in [5.74, 6) is 0.887. The first-order chi connectivity index (χ1) is 7.65. The largest absolute Gasteiger partial charge is 0.451 e. The lowest BCUT2D eigenvalue weighted by Gasteiger charge is -2.04. The quantitative estimate of drug-likeness (QED) is 0.656. The highest BCUT2D eigenvalue weighted by Crippen LogP contribution is 2.27. The van der Waals surface area contributed by atoms with Gasteiger partial charge in [0.25, 0.3) is 0 Å². The Morgan fingerprint density at radius 1 is 1.25 bits per heavy atom. The zero-order valence-electron chi connectivity index (χ0n) is 8.14. The normalized spacial score (nSPS) is 10.4. The average Bonchev–Trinajstić information content (AvgIpc) is 2.56. The van der Waals surface area contributed by atoms with Crippen molar-refractivity contribution >= 4 is 60.1 Å². The average molecular weight is 457 g/mol. The van der Waals surface area contributed by atoms with Crippen molar-refractivity contribution in [2.75, 3.05) is 5.32 Å². The molecule has 0 aliphatic carbocycles. The minimum absolute atomic E-state index is 0.671. The Balaban J connectivity index is 2.02. The Morgan fingerprint density at radius 3 is 2.69 bits per heavy atom. The summed E-state index contributed by atoms with van der Waals surface area (Å²) in [5.41, 5.74) is 1.09. The smallest absolute Gasteiger partial charge is 0.183 e. The molecule has 0 unspecified atom stereocenters. The molecule has 84 valence electrons. The van der Waals surface area contributed by atoms with Crippen LogP contribution in [0.4, 0.5) is 5.69 Å². The van der Waals surface area contributed by atoms with E-state index in [1.165, 1.54) is 3.57 Å². The molecule has 16 heavy (non-hydrogen) atoms. The molecule has 0 radical (unpaired) electrons. The molecule has 0 aliphatic heterocycles. The predicted molar refractivity (Wildman–Crippen MR) is 80.6 cm³/mol. The van der Waals surface area contributed by atoms with E-state index in [0.717, 1.165) is 20.6 Å². The Hall–Kier alpha value is -0.0100. The Kier molecular flexibility index (Phi) is 4.32. The van der Waals surface area contributed by atoms with Crippen LogP contribution in [0.2, 0.25) is 0 Å². The molecule has 1 aromatic heterocycles. The van der Waals surface area contributed by atoms with Gasteiger partial charge in [0.1, 0.15) is 5.76 Å². The van der Waals surface area contributed by atoms with Crippen molar-refractivity contribution in [2.24, 2.45) is 0 Å². The topological polar surface area (TPSA) is 25.2 Å². The van der Waals surface area contributed by atoms with Crippen LogP contribution in [-0.4, -0.2) is 0 Å². The number of anilines is 1. The highest BCUT2D eigenvalue weighted by Gasteiger charge is 2.05. The molecule has 1 aromatic carbocycles. The number of nitrogens with one attached hydrogen (secondary N) is 1. The predicted octanol–water partition coefficient (Wildman–Crippen LogP) is 5.02. The maximum atomic E-state index is 5.47. The lowest BCUT2D eigenvalue weighted by Crippen LogP contribution is -1.97. The molecule has 0 aliphatic rings. The fourth-order valence-corrected chi connectivity index (χ4v) is 2.47. The third kappa shape index (κ3) is 3.24. The Morgan fingerprint density at radius 2 is 2.06 bits per heavy atom. The van der Waals surface area contributed by atoms with Crippen LogP contribution in [0.3, 0.4) is 0 Å². The van der Waals surface area contributed by atoms with Crippen LogP contribution in [0.15, 0.2) is 43.9 Å². The van der Waals surface area contributed by atoms with Gasteiger partial charge in [-0.1, -0.05) is 6.07 Å². The molecule has 1 N–H and O–H groups in total. The summed E-state index contributed by atoms with van der Waals surface area (Å²) < 4.78 is 8.35. The SMILES string of the molecule is Brc1cc(CNc2cccc(I)c2)oc1Br. The summed E-state index contributed by atoms with van der Waals surface area (Å²) in [6.07, 6.45) is 0. The van der Waals surface area contributed by atoms with E-state index in [1.54, 1.807) is 0 Å². The van der Waals surface area contributed by atoms with Gasteiger partial charge in [0.2, 0.25) is 0 Å². The van der Waals surface area contributed by atoms with Gasteiger partial charge in [0.05, 0.1) is 11.0 Å². The van der Waals surface area contributed by atoms with Crippen LogP contribution in [-0.2, 0) is 6.54 Å². The van der Waals surface area contributed by atoms with Gasteiger partial charge in [-0.25, -0.2) is 0 Å². The van der Waals surface area contributed by atoms with Crippen LogP contribution in [0, 0.1) is 3.57 Å². The molecule has 0 fully saturated rings. The van der Waals surface area contributed by atoms with Crippen LogP contribution in [0.1, 0.15) is 5.76 Å². The minimum Gasteiger partial charge on any atom is -0.451 e. The van der Waals surface area contributed by atoms with Gasteiger partial charge >= 0.3 is 0 Å². The fourth-order valence-electron chi connectivity index (χ4n) is 1.27. The van der Waals surface area contributed by atoms with Crippen molar-refractivity contribution < 1.29 is 4.42 Å².